The number of ether oxygens (including phenoxy) is 2. The number of hydrogen-bond donors (Lipinski definition) is 6. The van der Waals surface area contributed by atoms with Crippen molar-refractivity contribution in [1.29, 1.82) is 0 Å². The van der Waals surface area contributed by atoms with Crippen molar-refractivity contribution in [1.82, 2.24) is 0 Å². The van der Waals surface area contributed by atoms with Crippen LogP contribution in [0.1, 0.15) is 251 Å². The summed E-state index contributed by atoms with van der Waals surface area (Å²) >= 11 is 0. The van der Waals surface area contributed by atoms with E-state index in [0.29, 0.717) is 19.3 Å². The molecule has 420 valence electrons. The zero-order valence-corrected chi connectivity index (χ0v) is 46.1. The van der Waals surface area contributed by atoms with Gasteiger partial charge in [-0.3, -0.25) is 18.6 Å². The van der Waals surface area contributed by atoms with E-state index in [-0.39, 0.29) is 12.8 Å². The highest BCUT2D eigenvalue weighted by Crippen LogP contribution is 2.47. The van der Waals surface area contributed by atoms with Crippen LogP contribution in [0.2, 0.25) is 0 Å². The number of esters is 2. The smallest absolute Gasteiger partial charge is 0.462 e. The van der Waals surface area contributed by atoms with Crippen molar-refractivity contribution < 1.29 is 63.1 Å². The third-order valence-electron chi connectivity index (χ3n) is 13.4. The lowest BCUT2D eigenvalue weighted by molar-refractivity contribution is -0.220. The minimum atomic E-state index is -5.14. The van der Waals surface area contributed by atoms with E-state index < -0.39 is 75.7 Å². The maximum Gasteiger partial charge on any atom is 0.472 e. The number of aliphatic hydroxyl groups is 5. The average molecular weight is 1040 g/mol. The summed E-state index contributed by atoms with van der Waals surface area (Å²) in [6, 6.07) is 0. The second-order valence-corrected chi connectivity index (χ2v) is 21.6. The predicted octanol–water partition coefficient (Wildman–Crippen LogP) is 13.5. The van der Waals surface area contributed by atoms with Crippen LogP contribution < -0.4 is 0 Å². The molecule has 0 heterocycles. The van der Waals surface area contributed by atoms with Crippen molar-refractivity contribution in [3.8, 4) is 0 Å². The lowest BCUT2D eigenvalue weighted by atomic mass is 9.85. The van der Waals surface area contributed by atoms with Crippen molar-refractivity contribution in [3.63, 3.8) is 0 Å². The highest BCUT2D eigenvalue weighted by molar-refractivity contribution is 7.47. The van der Waals surface area contributed by atoms with Crippen molar-refractivity contribution in [2.24, 2.45) is 0 Å². The molecule has 72 heavy (non-hydrogen) atoms. The summed E-state index contributed by atoms with van der Waals surface area (Å²) in [5.41, 5.74) is 0. The summed E-state index contributed by atoms with van der Waals surface area (Å²) in [7, 11) is -5.14. The molecule has 1 saturated carbocycles. The van der Waals surface area contributed by atoms with E-state index in [1.165, 1.54) is 161 Å². The van der Waals surface area contributed by atoms with Gasteiger partial charge in [-0.1, -0.05) is 236 Å². The van der Waals surface area contributed by atoms with Crippen LogP contribution in [0.3, 0.4) is 0 Å². The number of phosphoric acid groups is 1. The van der Waals surface area contributed by atoms with Gasteiger partial charge in [0.15, 0.2) is 6.10 Å². The molecule has 6 N–H and O–H groups in total. The summed E-state index contributed by atoms with van der Waals surface area (Å²) in [6.45, 7) is 3.30. The van der Waals surface area contributed by atoms with Gasteiger partial charge in [-0.05, 0) is 51.4 Å². The maximum absolute atomic E-state index is 12.9. The summed E-state index contributed by atoms with van der Waals surface area (Å²) in [5, 5.41) is 50.4. The number of carbonyl (C=O) groups is 2. The average Bonchev–Trinajstić information content (AvgIpc) is 3.36. The number of aliphatic hydroxyl groups excluding tert-OH is 5. The summed E-state index contributed by atoms with van der Waals surface area (Å²) in [5.74, 6) is -1.15. The first-order chi connectivity index (χ1) is 34.9. The van der Waals surface area contributed by atoms with E-state index in [1.54, 1.807) is 0 Å². The highest BCUT2D eigenvalue weighted by atomic mass is 31.2. The monoisotopic (exact) mass is 1040 g/mol. The Morgan fingerprint density at radius 1 is 0.431 bits per heavy atom. The van der Waals surface area contributed by atoms with Crippen LogP contribution in [-0.2, 0) is 32.7 Å². The van der Waals surface area contributed by atoms with Crippen molar-refractivity contribution in [2.45, 2.75) is 294 Å². The molecule has 8 atom stereocenters. The van der Waals surface area contributed by atoms with Crippen molar-refractivity contribution in [3.05, 3.63) is 48.6 Å². The molecule has 14 heteroatoms. The molecule has 0 radical (unpaired) electrons. The fourth-order valence-electron chi connectivity index (χ4n) is 8.81. The van der Waals surface area contributed by atoms with Crippen LogP contribution in [0.5, 0.6) is 0 Å². The number of carbonyl (C=O) groups excluding carboxylic acids is 2. The fourth-order valence-corrected chi connectivity index (χ4v) is 9.79. The first-order valence-electron chi connectivity index (χ1n) is 28.9. The van der Waals surface area contributed by atoms with Crippen molar-refractivity contribution >= 4 is 19.8 Å². The molecule has 6 unspecified atom stereocenters. The highest BCUT2D eigenvalue weighted by Gasteiger charge is 2.51. The molecule has 1 aliphatic rings. The van der Waals surface area contributed by atoms with Gasteiger partial charge in [0, 0.05) is 12.8 Å². The number of hydrogen-bond acceptors (Lipinski definition) is 12. The SMILES string of the molecule is CCCCCCCCC/C=C/C/C=C/C/C=C/C/C=C/CCCC(=O)O[C@@H](COC(=O)CCCCCCCCCCCCCCCCCCCCCCCC)COP(=O)(O)OC1C(O)C(O)C(O)[C@H](O)C1O. The first kappa shape index (κ1) is 67.8. The summed E-state index contributed by atoms with van der Waals surface area (Å²) < 4.78 is 33.7. The van der Waals surface area contributed by atoms with Crippen LogP contribution in [0.25, 0.3) is 0 Å². The standard InChI is InChI=1S/C58H105O13P/c1-3-5-7-9-11-13-15-17-19-21-23-25-27-28-30-32-34-36-38-40-42-44-46-51(59)68-48-50(49-69-72(66,67)71-58-56(64)54(62)53(61)55(63)57(58)65)70-52(60)47-45-43-41-39-37-35-33-31-29-26-24-22-20-18-16-14-12-10-8-6-4-2/h20,22,26,29,33,35,39,41,50,53-58,61-65H,3-19,21,23-25,27-28,30-32,34,36-38,40,42-49H2,1-2H3,(H,66,67)/b22-20+,29-26+,35-33+,41-39+/t50-,53?,54-,55?,56?,57?,58?/m0/s1. The molecule has 0 aromatic rings. The normalized spacial score (nSPS) is 20.8. The van der Waals surface area contributed by atoms with Crippen LogP contribution in [0.15, 0.2) is 48.6 Å². The zero-order valence-electron chi connectivity index (χ0n) is 45.2. The molecule has 0 aromatic carbocycles. The van der Waals surface area contributed by atoms with Gasteiger partial charge in [-0.25, -0.2) is 4.57 Å². The number of rotatable bonds is 49. The lowest BCUT2D eigenvalue weighted by Crippen LogP contribution is -2.64. The maximum atomic E-state index is 12.9. The molecule has 0 bridgehead atoms. The number of allylic oxidation sites excluding steroid dienone is 8. The van der Waals surface area contributed by atoms with Crippen LogP contribution in [0.4, 0.5) is 0 Å². The van der Waals surface area contributed by atoms with Gasteiger partial charge in [-0.2, -0.15) is 0 Å². The lowest BCUT2D eigenvalue weighted by Gasteiger charge is -2.41. The Morgan fingerprint density at radius 2 is 0.764 bits per heavy atom. The second kappa shape index (κ2) is 47.3. The van der Waals surface area contributed by atoms with E-state index >= 15 is 0 Å². The molecule has 0 aromatic heterocycles. The fraction of sp³-hybridized carbons (Fsp3) is 0.828. The molecule has 1 aliphatic carbocycles. The minimum absolute atomic E-state index is 0.0221. The molecule has 1 rings (SSSR count). The Hall–Kier alpha value is -2.19. The van der Waals surface area contributed by atoms with Crippen LogP contribution in [-0.4, -0.2) is 98.3 Å². The van der Waals surface area contributed by atoms with Gasteiger partial charge in [0.25, 0.3) is 0 Å². The van der Waals surface area contributed by atoms with Gasteiger partial charge in [0.1, 0.15) is 43.2 Å². The number of unbranched alkanes of at least 4 members (excludes halogenated alkanes) is 29. The Kier molecular flexibility index (Phi) is 44.5. The predicted molar refractivity (Wildman–Crippen MR) is 290 cm³/mol. The Morgan fingerprint density at radius 3 is 1.18 bits per heavy atom. The quantitative estimate of drug-likeness (QED) is 0.0145. The van der Waals surface area contributed by atoms with E-state index in [0.717, 1.165) is 44.9 Å². The topological polar surface area (TPSA) is 210 Å². The molecule has 0 amide bonds. The molecule has 13 nitrogen and oxygen atoms in total. The van der Waals surface area contributed by atoms with E-state index in [2.05, 4.69) is 50.3 Å². The van der Waals surface area contributed by atoms with Gasteiger partial charge < -0.3 is 39.9 Å². The molecular weight excluding hydrogens is 936 g/mol. The van der Waals surface area contributed by atoms with E-state index in [1.807, 2.05) is 12.2 Å². The molecular formula is C58H105O13P. The molecule has 0 saturated heterocycles. The molecule has 1 fully saturated rings. The summed E-state index contributed by atoms with van der Waals surface area (Å²) in [6.07, 6.45) is 46.0. The van der Waals surface area contributed by atoms with Crippen LogP contribution >= 0.6 is 7.82 Å². The van der Waals surface area contributed by atoms with Gasteiger partial charge in [-0.15, -0.1) is 0 Å². The molecule has 0 aliphatic heterocycles. The summed E-state index contributed by atoms with van der Waals surface area (Å²) in [4.78, 5) is 35.9. The Labute approximate surface area is 437 Å². The largest absolute Gasteiger partial charge is 0.472 e. The third kappa shape index (κ3) is 38.4. The second-order valence-electron chi connectivity index (χ2n) is 20.2. The van der Waals surface area contributed by atoms with Gasteiger partial charge >= 0.3 is 19.8 Å². The van der Waals surface area contributed by atoms with E-state index in [4.69, 9.17) is 18.5 Å². The van der Waals surface area contributed by atoms with Crippen molar-refractivity contribution in [2.75, 3.05) is 13.2 Å². The minimum Gasteiger partial charge on any atom is -0.462 e. The Bertz CT molecular complexity index is 1440. The number of phosphoric ester groups is 1. The van der Waals surface area contributed by atoms with Gasteiger partial charge in [0.2, 0.25) is 0 Å². The van der Waals surface area contributed by atoms with Gasteiger partial charge in [0.05, 0.1) is 6.61 Å². The third-order valence-corrected chi connectivity index (χ3v) is 14.4. The first-order valence-corrected chi connectivity index (χ1v) is 30.4. The van der Waals surface area contributed by atoms with E-state index in [9.17, 15) is 44.6 Å². The Balaban J connectivity index is 2.37. The zero-order chi connectivity index (χ0) is 52.8. The molecule has 0 spiro atoms. The van der Waals surface area contributed by atoms with Crippen LogP contribution in [0, 0.1) is 0 Å².